The Bertz CT molecular complexity index is 530. The van der Waals surface area contributed by atoms with Crippen LogP contribution >= 0.6 is 0 Å². The van der Waals surface area contributed by atoms with E-state index < -0.39 is 17.5 Å². The van der Waals surface area contributed by atoms with Crippen LogP contribution in [0.5, 0.6) is 0 Å². The summed E-state index contributed by atoms with van der Waals surface area (Å²) in [7, 11) is 0. The molecule has 1 amide bonds. The third-order valence-electron chi connectivity index (χ3n) is 2.06. The minimum absolute atomic E-state index is 0.00217. The molecule has 1 aromatic carbocycles. The molecule has 0 bridgehead atoms. The number of hydrogen-bond donors (Lipinski definition) is 2. The summed E-state index contributed by atoms with van der Waals surface area (Å²) in [5.41, 5.74) is 4.70. The van der Waals surface area contributed by atoms with Crippen molar-refractivity contribution in [1.82, 2.24) is 10.2 Å². The molecule has 0 aliphatic heterocycles. The van der Waals surface area contributed by atoms with Crippen LogP contribution in [0.2, 0.25) is 0 Å². The summed E-state index contributed by atoms with van der Waals surface area (Å²) < 4.78 is 26.7. The molecular formula is C10H7F2N3O. The number of hydrogen-bond acceptors (Lipinski definition) is 2. The molecule has 6 heteroatoms. The summed E-state index contributed by atoms with van der Waals surface area (Å²) in [5, 5.41) is 5.92. The number of amides is 1. The van der Waals surface area contributed by atoms with Crippen molar-refractivity contribution in [3.05, 3.63) is 41.6 Å². The highest BCUT2D eigenvalue weighted by Gasteiger charge is 2.15. The minimum atomic E-state index is -0.748. The smallest absolute Gasteiger partial charge is 0.266 e. The van der Waals surface area contributed by atoms with E-state index in [1.807, 2.05) is 0 Å². The maximum atomic E-state index is 13.3. The third-order valence-corrected chi connectivity index (χ3v) is 2.06. The molecule has 2 aromatic rings. The number of rotatable bonds is 2. The first-order valence-electron chi connectivity index (χ1n) is 4.39. The van der Waals surface area contributed by atoms with Gasteiger partial charge in [-0.05, 0) is 18.2 Å². The van der Waals surface area contributed by atoms with E-state index in [0.717, 1.165) is 12.1 Å². The van der Waals surface area contributed by atoms with Gasteiger partial charge in [-0.3, -0.25) is 9.89 Å². The lowest BCUT2D eigenvalue weighted by Gasteiger charge is -1.99. The Hall–Kier alpha value is -2.24. The Morgan fingerprint density at radius 1 is 1.31 bits per heavy atom. The van der Waals surface area contributed by atoms with E-state index in [1.165, 1.54) is 12.1 Å². The number of primary amides is 1. The molecule has 0 radical (unpaired) electrons. The van der Waals surface area contributed by atoms with E-state index in [2.05, 4.69) is 10.2 Å². The second kappa shape index (κ2) is 3.73. The van der Waals surface area contributed by atoms with Crippen LogP contribution in [-0.4, -0.2) is 16.1 Å². The maximum Gasteiger partial charge on any atom is 0.266 e. The van der Waals surface area contributed by atoms with E-state index in [-0.39, 0.29) is 17.0 Å². The Morgan fingerprint density at radius 2 is 1.94 bits per heavy atom. The van der Waals surface area contributed by atoms with Crippen LogP contribution in [0.4, 0.5) is 8.78 Å². The molecule has 0 aliphatic carbocycles. The number of H-pyrrole nitrogens is 1. The van der Waals surface area contributed by atoms with Crippen molar-refractivity contribution >= 4 is 5.91 Å². The zero-order valence-electron chi connectivity index (χ0n) is 8.00. The van der Waals surface area contributed by atoms with E-state index in [4.69, 9.17) is 5.73 Å². The van der Waals surface area contributed by atoms with Gasteiger partial charge in [0.1, 0.15) is 17.3 Å². The Kier molecular flexibility index (Phi) is 2.40. The molecule has 2 rings (SSSR count). The van der Waals surface area contributed by atoms with Crippen LogP contribution in [0, 0.1) is 11.6 Å². The molecular weight excluding hydrogens is 216 g/mol. The van der Waals surface area contributed by atoms with Crippen molar-refractivity contribution in [2.45, 2.75) is 0 Å². The van der Waals surface area contributed by atoms with Gasteiger partial charge in [0.15, 0.2) is 0 Å². The molecule has 0 saturated heterocycles. The predicted molar refractivity (Wildman–Crippen MR) is 52.5 cm³/mol. The number of aromatic amines is 1. The number of nitrogens with two attached hydrogens (primary N) is 1. The Balaban J connectivity index is 2.54. The van der Waals surface area contributed by atoms with Crippen molar-refractivity contribution in [3.63, 3.8) is 0 Å². The van der Waals surface area contributed by atoms with E-state index in [9.17, 15) is 13.6 Å². The number of carbonyl (C=O) groups excluding carboxylic acids is 1. The highest BCUT2D eigenvalue weighted by atomic mass is 19.1. The van der Waals surface area contributed by atoms with Crippen molar-refractivity contribution < 1.29 is 13.6 Å². The Labute approximate surface area is 89.1 Å². The summed E-state index contributed by atoms with van der Waals surface area (Å²) in [6.45, 7) is 0. The number of nitrogens with one attached hydrogen (secondary N) is 1. The van der Waals surface area contributed by atoms with Gasteiger partial charge < -0.3 is 5.73 Å². The fourth-order valence-corrected chi connectivity index (χ4v) is 1.32. The van der Waals surface area contributed by atoms with Crippen LogP contribution in [-0.2, 0) is 0 Å². The van der Waals surface area contributed by atoms with Gasteiger partial charge >= 0.3 is 0 Å². The summed E-state index contributed by atoms with van der Waals surface area (Å²) >= 11 is 0. The first kappa shape index (κ1) is 10.3. The highest BCUT2D eigenvalue weighted by molar-refractivity contribution is 5.91. The number of halogens is 2. The number of aromatic nitrogens is 2. The largest absolute Gasteiger partial charge is 0.364 e. The highest BCUT2D eigenvalue weighted by Crippen LogP contribution is 2.24. The van der Waals surface area contributed by atoms with Crippen molar-refractivity contribution in [1.29, 1.82) is 0 Å². The van der Waals surface area contributed by atoms with Gasteiger partial charge in [-0.15, -0.1) is 0 Å². The summed E-state index contributed by atoms with van der Waals surface area (Å²) in [4.78, 5) is 10.8. The normalized spacial score (nSPS) is 10.4. The van der Waals surface area contributed by atoms with Crippen molar-refractivity contribution in [2.24, 2.45) is 5.73 Å². The molecule has 4 nitrogen and oxygen atoms in total. The van der Waals surface area contributed by atoms with Crippen molar-refractivity contribution in [2.75, 3.05) is 0 Å². The lowest BCUT2D eigenvalue weighted by atomic mass is 10.1. The maximum absolute atomic E-state index is 13.3. The summed E-state index contributed by atoms with van der Waals surface area (Å²) in [6.07, 6.45) is 0. The summed E-state index contributed by atoms with van der Waals surface area (Å²) in [5.74, 6) is -2.24. The van der Waals surface area contributed by atoms with Crippen LogP contribution in [0.3, 0.4) is 0 Å². The molecule has 0 fully saturated rings. The van der Waals surface area contributed by atoms with Gasteiger partial charge in [-0.25, -0.2) is 8.78 Å². The number of benzene rings is 1. The monoisotopic (exact) mass is 223 g/mol. The SMILES string of the molecule is NC(=O)c1cc(-c2c(F)cccc2F)n[nH]1. The molecule has 3 N–H and O–H groups in total. The fourth-order valence-electron chi connectivity index (χ4n) is 1.32. The Morgan fingerprint density at radius 3 is 2.44 bits per heavy atom. The molecule has 0 atom stereocenters. The molecule has 1 heterocycles. The molecule has 82 valence electrons. The van der Waals surface area contributed by atoms with Gasteiger partial charge in [0.25, 0.3) is 5.91 Å². The predicted octanol–water partition coefficient (Wildman–Crippen LogP) is 1.45. The minimum Gasteiger partial charge on any atom is -0.364 e. The second-order valence-electron chi connectivity index (χ2n) is 3.13. The number of nitrogens with zero attached hydrogens (tertiary/aromatic N) is 1. The first-order valence-corrected chi connectivity index (χ1v) is 4.39. The first-order chi connectivity index (χ1) is 7.59. The molecule has 0 spiro atoms. The van der Waals surface area contributed by atoms with Crippen LogP contribution < -0.4 is 5.73 Å². The molecule has 0 saturated carbocycles. The van der Waals surface area contributed by atoms with Crippen LogP contribution in [0.25, 0.3) is 11.3 Å². The van der Waals surface area contributed by atoms with Crippen LogP contribution in [0.15, 0.2) is 24.3 Å². The van der Waals surface area contributed by atoms with Crippen LogP contribution in [0.1, 0.15) is 10.5 Å². The van der Waals surface area contributed by atoms with E-state index >= 15 is 0 Å². The second-order valence-corrected chi connectivity index (χ2v) is 3.13. The fraction of sp³-hybridized carbons (Fsp3) is 0. The van der Waals surface area contributed by atoms with Crippen molar-refractivity contribution in [3.8, 4) is 11.3 Å². The van der Waals surface area contributed by atoms with Gasteiger partial charge in [0.2, 0.25) is 0 Å². The third kappa shape index (κ3) is 1.65. The van der Waals surface area contributed by atoms with Gasteiger partial charge in [0, 0.05) is 0 Å². The van der Waals surface area contributed by atoms with E-state index in [0.29, 0.717) is 0 Å². The average Bonchev–Trinajstić information content (AvgIpc) is 2.66. The molecule has 16 heavy (non-hydrogen) atoms. The number of carbonyl (C=O) groups is 1. The zero-order valence-corrected chi connectivity index (χ0v) is 8.00. The standard InChI is InChI=1S/C10H7F2N3O/c11-5-2-1-3-6(12)9(5)7-4-8(10(13)16)15-14-7/h1-4H,(H2,13,16)(H,14,15). The summed E-state index contributed by atoms with van der Waals surface area (Å²) in [6, 6.07) is 4.66. The molecule has 0 aliphatic rings. The van der Waals surface area contributed by atoms with Gasteiger partial charge in [0.05, 0.1) is 11.3 Å². The topological polar surface area (TPSA) is 71.8 Å². The average molecular weight is 223 g/mol. The quantitative estimate of drug-likeness (QED) is 0.808. The van der Waals surface area contributed by atoms with Gasteiger partial charge in [-0.2, -0.15) is 5.10 Å². The van der Waals surface area contributed by atoms with E-state index in [1.54, 1.807) is 0 Å². The zero-order chi connectivity index (χ0) is 11.7. The lowest BCUT2D eigenvalue weighted by Crippen LogP contribution is -2.10. The molecule has 0 unspecified atom stereocenters. The van der Waals surface area contributed by atoms with Gasteiger partial charge in [-0.1, -0.05) is 6.07 Å². The lowest BCUT2D eigenvalue weighted by molar-refractivity contribution is 0.0995. The molecule has 1 aromatic heterocycles.